The SMILES string of the molecule is O=C(Nc1nc(=O)n(Cc2ccc(Cl)cc2)s1)c1ccc(Cl)cc1. The van der Waals surface area contributed by atoms with Crippen LogP contribution in [0.2, 0.25) is 10.0 Å². The Balaban J connectivity index is 1.74. The summed E-state index contributed by atoms with van der Waals surface area (Å²) >= 11 is 12.7. The van der Waals surface area contributed by atoms with Crippen LogP contribution in [0.15, 0.2) is 53.3 Å². The van der Waals surface area contributed by atoms with Gasteiger partial charge in [-0.2, -0.15) is 4.98 Å². The number of benzene rings is 2. The van der Waals surface area contributed by atoms with Gasteiger partial charge in [0.25, 0.3) is 5.91 Å². The van der Waals surface area contributed by atoms with Crippen LogP contribution in [-0.2, 0) is 6.54 Å². The van der Waals surface area contributed by atoms with Gasteiger partial charge in [-0.05, 0) is 53.5 Å². The number of hydrogen-bond acceptors (Lipinski definition) is 4. The molecule has 0 unspecified atom stereocenters. The smallest absolute Gasteiger partial charge is 0.297 e. The molecule has 1 heterocycles. The Morgan fingerprint density at radius 2 is 1.62 bits per heavy atom. The van der Waals surface area contributed by atoms with Crippen LogP contribution in [0.25, 0.3) is 0 Å². The molecular weight excluding hydrogens is 369 g/mol. The van der Waals surface area contributed by atoms with E-state index in [1.807, 2.05) is 12.1 Å². The molecule has 0 spiro atoms. The number of nitrogens with one attached hydrogen (secondary N) is 1. The normalized spacial score (nSPS) is 10.6. The Kier molecular flexibility index (Phi) is 4.99. The van der Waals surface area contributed by atoms with E-state index in [2.05, 4.69) is 10.3 Å². The highest BCUT2D eigenvalue weighted by atomic mass is 35.5. The van der Waals surface area contributed by atoms with Gasteiger partial charge in [0.15, 0.2) is 0 Å². The van der Waals surface area contributed by atoms with Gasteiger partial charge in [0.1, 0.15) is 0 Å². The Hall–Kier alpha value is -2.15. The van der Waals surface area contributed by atoms with Crippen molar-refractivity contribution < 1.29 is 4.79 Å². The predicted molar refractivity (Wildman–Crippen MR) is 96.3 cm³/mol. The Bertz CT molecular complexity index is 918. The molecule has 1 N–H and O–H groups in total. The minimum atomic E-state index is -0.415. The maximum atomic E-state index is 12.1. The van der Waals surface area contributed by atoms with Crippen molar-refractivity contribution in [1.29, 1.82) is 0 Å². The largest absolute Gasteiger partial charge is 0.360 e. The molecule has 5 nitrogen and oxygen atoms in total. The molecule has 122 valence electrons. The third-order valence-corrected chi connectivity index (χ3v) is 4.55. The number of nitrogens with zero attached hydrogens (tertiary/aromatic N) is 2. The Labute approximate surface area is 151 Å². The fraction of sp³-hybridized carbons (Fsp3) is 0.0625. The van der Waals surface area contributed by atoms with Crippen LogP contribution in [0.3, 0.4) is 0 Å². The zero-order valence-electron chi connectivity index (χ0n) is 12.2. The lowest BCUT2D eigenvalue weighted by Crippen LogP contribution is -2.16. The molecule has 8 heteroatoms. The van der Waals surface area contributed by atoms with Gasteiger partial charge in [-0.25, -0.2) is 8.75 Å². The standard InChI is InChI=1S/C16H11Cl2N3O2S/c17-12-5-1-10(2-6-12)9-21-16(23)20-15(24-21)19-14(22)11-3-7-13(18)8-4-11/h1-8H,9H2,(H,19,20,22,23). The van der Waals surface area contributed by atoms with E-state index in [0.717, 1.165) is 17.1 Å². The number of anilines is 1. The molecule has 0 bridgehead atoms. The highest BCUT2D eigenvalue weighted by Gasteiger charge is 2.11. The van der Waals surface area contributed by atoms with Crippen molar-refractivity contribution in [2.24, 2.45) is 0 Å². The summed E-state index contributed by atoms with van der Waals surface area (Å²) in [6.07, 6.45) is 0. The minimum absolute atomic E-state index is 0.244. The lowest BCUT2D eigenvalue weighted by atomic mass is 10.2. The zero-order chi connectivity index (χ0) is 17.1. The van der Waals surface area contributed by atoms with Gasteiger partial charge in [0, 0.05) is 15.6 Å². The van der Waals surface area contributed by atoms with Crippen LogP contribution in [0.5, 0.6) is 0 Å². The maximum absolute atomic E-state index is 12.1. The van der Waals surface area contributed by atoms with Crippen molar-refractivity contribution in [2.45, 2.75) is 6.54 Å². The summed E-state index contributed by atoms with van der Waals surface area (Å²) in [6, 6.07) is 13.6. The molecule has 0 saturated heterocycles. The molecule has 0 aliphatic heterocycles. The molecule has 3 aromatic rings. The fourth-order valence-corrected chi connectivity index (χ4v) is 3.03. The molecule has 1 aromatic heterocycles. The number of hydrogen-bond donors (Lipinski definition) is 1. The molecule has 2 aromatic carbocycles. The highest BCUT2D eigenvalue weighted by molar-refractivity contribution is 7.10. The molecule has 0 atom stereocenters. The predicted octanol–water partition coefficient (Wildman–Crippen LogP) is 3.91. The van der Waals surface area contributed by atoms with E-state index in [-0.39, 0.29) is 11.0 Å². The van der Waals surface area contributed by atoms with Crippen LogP contribution < -0.4 is 11.0 Å². The number of carbonyl (C=O) groups is 1. The Morgan fingerprint density at radius 3 is 2.25 bits per heavy atom. The van der Waals surface area contributed by atoms with Crippen molar-refractivity contribution in [1.82, 2.24) is 8.94 Å². The first-order chi connectivity index (χ1) is 11.5. The first-order valence-corrected chi connectivity index (χ1v) is 8.44. The third-order valence-electron chi connectivity index (χ3n) is 3.17. The van der Waals surface area contributed by atoms with E-state index in [1.54, 1.807) is 36.4 Å². The topological polar surface area (TPSA) is 64.0 Å². The van der Waals surface area contributed by atoms with Crippen molar-refractivity contribution in [3.05, 3.63) is 80.2 Å². The van der Waals surface area contributed by atoms with Gasteiger partial charge >= 0.3 is 5.69 Å². The highest BCUT2D eigenvalue weighted by Crippen LogP contribution is 2.15. The van der Waals surface area contributed by atoms with Gasteiger partial charge in [-0.3, -0.25) is 10.1 Å². The Morgan fingerprint density at radius 1 is 1.04 bits per heavy atom. The monoisotopic (exact) mass is 379 g/mol. The summed E-state index contributed by atoms with van der Waals surface area (Å²) in [4.78, 5) is 27.9. The van der Waals surface area contributed by atoms with Crippen molar-refractivity contribution in [3.63, 3.8) is 0 Å². The first kappa shape index (κ1) is 16.7. The van der Waals surface area contributed by atoms with E-state index < -0.39 is 5.69 Å². The van der Waals surface area contributed by atoms with E-state index in [9.17, 15) is 9.59 Å². The summed E-state index contributed by atoms with van der Waals surface area (Å²) in [5.41, 5.74) is 0.938. The van der Waals surface area contributed by atoms with Crippen molar-refractivity contribution in [3.8, 4) is 0 Å². The second-order valence-electron chi connectivity index (χ2n) is 4.91. The quantitative estimate of drug-likeness (QED) is 0.747. The number of rotatable bonds is 4. The molecular formula is C16H11Cl2N3O2S. The van der Waals surface area contributed by atoms with Crippen LogP contribution in [0, 0.1) is 0 Å². The zero-order valence-corrected chi connectivity index (χ0v) is 14.5. The second-order valence-corrected chi connectivity index (χ2v) is 6.80. The lowest BCUT2D eigenvalue weighted by Gasteiger charge is -2.02. The third kappa shape index (κ3) is 4.03. The van der Waals surface area contributed by atoms with Gasteiger partial charge in [0.05, 0.1) is 6.54 Å². The lowest BCUT2D eigenvalue weighted by molar-refractivity contribution is 0.102. The van der Waals surface area contributed by atoms with Gasteiger partial charge < -0.3 is 0 Å². The average molecular weight is 380 g/mol. The number of aromatic nitrogens is 2. The number of amides is 1. The van der Waals surface area contributed by atoms with Crippen molar-refractivity contribution >= 4 is 45.8 Å². The summed E-state index contributed by atoms with van der Waals surface area (Å²) in [7, 11) is 0. The van der Waals surface area contributed by atoms with Crippen LogP contribution >= 0.6 is 34.7 Å². The van der Waals surface area contributed by atoms with E-state index in [0.29, 0.717) is 22.2 Å². The first-order valence-electron chi connectivity index (χ1n) is 6.91. The van der Waals surface area contributed by atoms with Gasteiger partial charge in [-0.15, -0.1) is 0 Å². The number of carbonyl (C=O) groups excluding carboxylic acids is 1. The fourth-order valence-electron chi connectivity index (χ4n) is 1.98. The van der Waals surface area contributed by atoms with Crippen molar-refractivity contribution in [2.75, 3.05) is 5.32 Å². The summed E-state index contributed by atoms with van der Waals surface area (Å²) in [6.45, 7) is 0.366. The number of halogens is 2. The molecule has 24 heavy (non-hydrogen) atoms. The van der Waals surface area contributed by atoms with Gasteiger partial charge in [-0.1, -0.05) is 35.3 Å². The molecule has 0 saturated carbocycles. The molecule has 0 aliphatic carbocycles. The minimum Gasteiger partial charge on any atom is -0.297 e. The summed E-state index contributed by atoms with van der Waals surface area (Å²) < 4.78 is 1.46. The van der Waals surface area contributed by atoms with E-state index in [1.165, 1.54) is 3.96 Å². The maximum Gasteiger partial charge on any atom is 0.360 e. The second kappa shape index (κ2) is 7.17. The summed E-state index contributed by atoms with van der Waals surface area (Å²) in [5, 5.41) is 4.04. The molecule has 3 rings (SSSR count). The van der Waals surface area contributed by atoms with E-state index in [4.69, 9.17) is 23.2 Å². The van der Waals surface area contributed by atoms with Crippen LogP contribution in [0.4, 0.5) is 5.13 Å². The molecule has 0 radical (unpaired) electrons. The summed E-state index contributed by atoms with van der Waals surface area (Å²) in [5.74, 6) is -0.348. The molecule has 0 aliphatic rings. The van der Waals surface area contributed by atoms with E-state index >= 15 is 0 Å². The molecule has 1 amide bonds. The van der Waals surface area contributed by atoms with Crippen LogP contribution in [-0.4, -0.2) is 14.8 Å². The molecule has 0 fully saturated rings. The van der Waals surface area contributed by atoms with Crippen LogP contribution in [0.1, 0.15) is 15.9 Å². The average Bonchev–Trinajstić information content (AvgIpc) is 2.89. The van der Waals surface area contributed by atoms with Gasteiger partial charge in [0.2, 0.25) is 5.13 Å².